The Bertz CT molecular complexity index is 492. The molecule has 0 aliphatic heterocycles. The number of benzene rings is 1. The van der Waals surface area contributed by atoms with Crippen LogP contribution in [0.15, 0.2) is 39.8 Å². The maximum absolute atomic E-state index is 11.4. The Balaban J connectivity index is 2.41. The molecule has 102 valence electrons. The Morgan fingerprint density at radius 3 is 2.74 bits per heavy atom. The minimum absolute atomic E-state index is 0.248. The molecule has 0 aromatic heterocycles. The fraction of sp³-hybridized carbons (Fsp3) is 0.167. The zero-order valence-corrected chi connectivity index (χ0v) is 13.1. The quantitative estimate of drug-likeness (QED) is 0.758. The van der Waals surface area contributed by atoms with E-state index < -0.39 is 11.9 Å². The van der Waals surface area contributed by atoms with E-state index in [0.29, 0.717) is 10.2 Å². The second-order valence-corrected chi connectivity index (χ2v) is 5.18. The summed E-state index contributed by atoms with van der Waals surface area (Å²) in [5, 5.41) is 4.55. The molecule has 5 nitrogen and oxygen atoms in total. The fourth-order valence-electron chi connectivity index (χ4n) is 1.11. The SMILES string of the molecule is C=CCNC(=O)NC(=O)COc1ccc(Br)cc1Br. The first kappa shape index (κ1) is 15.7. The highest BCUT2D eigenvalue weighted by Gasteiger charge is 2.09. The number of carbonyl (C=O) groups excluding carboxylic acids is 2. The first-order chi connectivity index (χ1) is 9.02. The van der Waals surface area contributed by atoms with Gasteiger partial charge in [-0.1, -0.05) is 22.0 Å². The number of carbonyl (C=O) groups is 2. The lowest BCUT2D eigenvalue weighted by molar-refractivity contribution is -0.122. The normalized spacial score (nSPS) is 9.58. The standard InChI is InChI=1S/C12H12Br2N2O3/c1-2-5-15-12(18)16-11(17)7-19-10-4-3-8(13)6-9(10)14/h2-4,6H,1,5,7H2,(H2,15,16,17,18). The van der Waals surface area contributed by atoms with Crippen molar-refractivity contribution in [1.82, 2.24) is 10.6 Å². The lowest BCUT2D eigenvalue weighted by Crippen LogP contribution is -2.41. The first-order valence-corrected chi connectivity index (χ1v) is 6.88. The van der Waals surface area contributed by atoms with Gasteiger partial charge in [-0.2, -0.15) is 0 Å². The highest BCUT2D eigenvalue weighted by molar-refractivity contribution is 9.11. The van der Waals surface area contributed by atoms with Crippen molar-refractivity contribution in [2.45, 2.75) is 0 Å². The van der Waals surface area contributed by atoms with Gasteiger partial charge in [-0.25, -0.2) is 4.79 Å². The molecule has 1 rings (SSSR count). The third kappa shape index (κ3) is 5.89. The van der Waals surface area contributed by atoms with Crippen LogP contribution in [-0.4, -0.2) is 25.1 Å². The summed E-state index contributed by atoms with van der Waals surface area (Å²) in [5.41, 5.74) is 0. The van der Waals surface area contributed by atoms with Gasteiger partial charge in [0.05, 0.1) is 4.47 Å². The molecule has 0 saturated heterocycles. The molecule has 1 aromatic carbocycles. The van der Waals surface area contributed by atoms with Gasteiger partial charge >= 0.3 is 6.03 Å². The molecule has 7 heteroatoms. The van der Waals surface area contributed by atoms with Crippen molar-refractivity contribution in [1.29, 1.82) is 0 Å². The Morgan fingerprint density at radius 1 is 1.37 bits per heavy atom. The fourth-order valence-corrected chi connectivity index (χ4v) is 2.27. The van der Waals surface area contributed by atoms with E-state index >= 15 is 0 Å². The molecule has 0 spiro atoms. The molecule has 0 heterocycles. The van der Waals surface area contributed by atoms with Crippen molar-refractivity contribution in [3.8, 4) is 5.75 Å². The Labute approximate surface area is 127 Å². The minimum Gasteiger partial charge on any atom is -0.483 e. The number of hydrogen-bond acceptors (Lipinski definition) is 3. The molecule has 3 amide bonds. The van der Waals surface area contributed by atoms with Crippen LogP contribution in [0.5, 0.6) is 5.75 Å². The van der Waals surface area contributed by atoms with Crippen molar-refractivity contribution in [3.05, 3.63) is 39.8 Å². The van der Waals surface area contributed by atoms with Gasteiger partial charge < -0.3 is 10.1 Å². The molecule has 0 aliphatic carbocycles. The van der Waals surface area contributed by atoms with Crippen molar-refractivity contribution in [2.75, 3.05) is 13.2 Å². The van der Waals surface area contributed by atoms with E-state index in [9.17, 15) is 9.59 Å². The van der Waals surface area contributed by atoms with Crippen molar-refractivity contribution in [2.24, 2.45) is 0 Å². The molecule has 0 radical (unpaired) electrons. The summed E-state index contributed by atoms with van der Waals surface area (Å²) in [4.78, 5) is 22.6. The Hall–Kier alpha value is -1.34. The third-order valence-electron chi connectivity index (χ3n) is 1.91. The van der Waals surface area contributed by atoms with Crippen LogP contribution in [-0.2, 0) is 4.79 Å². The van der Waals surface area contributed by atoms with E-state index in [4.69, 9.17) is 4.74 Å². The molecule has 19 heavy (non-hydrogen) atoms. The molecular weight excluding hydrogens is 380 g/mol. The van der Waals surface area contributed by atoms with E-state index in [1.807, 2.05) is 0 Å². The topological polar surface area (TPSA) is 67.4 Å². The number of ether oxygens (including phenoxy) is 1. The number of nitrogens with one attached hydrogen (secondary N) is 2. The van der Waals surface area contributed by atoms with Crippen LogP contribution >= 0.6 is 31.9 Å². The van der Waals surface area contributed by atoms with Crippen LogP contribution in [0.4, 0.5) is 4.79 Å². The van der Waals surface area contributed by atoms with Gasteiger partial charge in [-0.05, 0) is 34.1 Å². The van der Waals surface area contributed by atoms with E-state index in [0.717, 1.165) is 4.47 Å². The van der Waals surface area contributed by atoms with E-state index in [1.165, 1.54) is 6.08 Å². The van der Waals surface area contributed by atoms with Crippen LogP contribution in [0, 0.1) is 0 Å². The molecule has 0 bridgehead atoms. The van der Waals surface area contributed by atoms with E-state index in [2.05, 4.69) is 49.1 Å². The average Bonchev–Trinajstić information content (AvgIpc) is 2.35. The Morgan fingerprint density at radius 2 is 2.11 bits per heavy atom. The van der Waals surface area contributed by atoms with Gasteiger partial charge in [-0.3, -0.25) is 10.1 Å². The van der Waals surface area contributed by atoms with Crippen LogP contribution in [0.3, 0.4) is 0 Å². The highest BCUT2D eigenvalue weighted by atomic mass is 79.9. The smallest absolute Gasteiger partial charge is 0.321 e. The van der Waals surface area contributed by atoms with Gasteiger partial charge in [0.15, 0.2) is 6.61 Å². The van der Waals surface area contributed by atoms with Crippen molar-refractivity contribution >= 4 is 43.8 Å². The summed E-state index contributed by atoms with van der Waals surface area (Å²) < 4.78 is 6.88. The number of amides is 3. The monoisotopic (exact) mass is 390 g/mol. The van der Waals surface area contributed by atoms with Crippen LogP contribution < -0.4 is 15.4 Å². The predicted octanol–water partition coefficient (Wildman–Crippen LogP) is 2.60. The van der Waals surface area contributed by atoms with Gasteiger partial charge in [0.1, 0.15) is 5.75 Å². The molecule has 0 fully saturated rings. The lowest BCUT2D eigenvalue weighted by atomic mass is 10.3. The summed E-state index contributed by atoms with van der Waals surface area (Å²) >= 11 is 6.61. The summed E-state index contributed by atoms with van der Waals surface area (Å²) in [6.45, 7) is 3.49. The van der Waals surface area contributed by atoms with Crippen molar-refractivity contribution in [3.63, 3.8) is 0 Å². The highest BCUT2D eigenvalue weighted by Crippen LogP contribution is 2.27. The van der Waals surface area contributed by atoms with Crippen molar-refractivity contribution < 1.29 is 14.3 Å². The Kier molecular flexibility index (Phi) is 6.58. The van der Waals surface area contributed by atoms with Crippen LogP contribution in [0.2, 0.25) is 0 Å². The summed E-state index contributed by atoms with van der Waals surface area (Å²) in [7, 11) is 0. The van der Waals surface area contributed by atoms with Gasteiger partial charge in [0.2, 0.25) is 0 Å². The molecular formula is C12H12Br2N2O3. The van der Waals surface area contributed by atoms with E-state index in [-0.39, 0.29) is 13.2 Å². The minimum atomic E-state index is -0.580. The summed E-state index contributed by atoms with van der Waals surface area (Å²) in [6.07, 6.45) is 1.51. The summed E-state index contributed by atoms with van der Waals surface area (Å²) in [5.74, 6) is -0.0127. The molecule has 1 aromatic rings. The average molecular weight is 392 g/mol. The molecule has 0 saturated carbocycles. The maximum Gasteiger partial charge on any atom is 0.321 e. The van der Waals surface area contributed by atoms with Gasteiger partial charge in [0.25, 0.3) is 5.91 Å². The molecule has 0 atom stereocenters. The summed E-state index contributed by atoms with van der Waals surface area (Å²) in [6, 6.07) is 4.71. The number of hydrogen-bond donors (Lipinski definition) is 2. The number of imide groups is 1. The maximum atomic E-state index is 11.4. The van der Waals surface area contributed by atoms with Crippen LogP contribution in [0.1, 0.15) is 0 Å². The number of halogens is 2. The zero-order chi connectivity index (χ0) is 14.3. The molecule has 0 aliphatic rings. The van der Waals surface area contributed by atoms with E-state index in [1.54, 1.807) is 18.2 Å². The largest absolute Gasteiger partial charge is 0.483 e. The third-order valence-corrected chi connectivity index (χ3v) is 3.03. The molecule has 0 unspecified atom stereocenters. The number of rotatable bonds is 5. The lowest BCUT2D eigenvalue weighted by Gasteiger charge is -2.08. The molecule has 2 N–H and O–H groups in total. The predicted molar refractivity (Wildman–Crippen MR) is 79.1 cm³/mol. The van der Waals surface area contributed by atoms with Gasteiger partial charge in [0, 0.05) is 11.0 Å². The second kappa shape index (κ2) is 7.96. The second-order valence-electron chi connectivity index (χ2n) is 3.41. The first-order valence-electron chi connectivity index (χ1n) is 5.29. The van der Waals surface area contributed by atoms with Crippen LogP contribution in [0.25, 0.3) is 0 Å². The zero-order valence-electron chi connectivity index (χ0n) is 9.91. The van der Waals surface area contributed by atoms with Gasteiger partial charge in [-0.15, -0.1) is 6.58 Å². The number of urea groups is 1.